The van der Waals surface area contributed by atoms with E-state index in [1.54, 1.807) is 39.5 Å². The lowest BCUT2D eigenvalue weighted by molar-refractivity contribution is -0.116. The first-order valence-electron chi connectivity index (χ1n) is 9.79. The maximum absolute atomic E-state index is 12.3. The number of carbonyl (C=O) groups is 1. The molecule has 0 fully saturated rings. The molecule has 0 radical (unpaired) electrons. The van der Waals surface area contributed by atoms with Crippen molar-refractivity contribution in [3.8, 4) is 34.3 Å². The molecule has 0 aliphatic rings. The highest BCUT2D eigenvalue weighted by atomic mass is 16.5. The zero-order valence-electron chi connectivity index (χ0n) is 18.4. The highest BCUT2D eigenvalue weighted by molar-refractivity contribution is 5.91. The van der Waals surface area contributed by atoms with Gasteiger partial charge in [-0.1, -0.05) is 0 Å². The summed E-state index contributed by atoms with van der Waals surface area (Å²) in [5.74, 6) is 2.03. The molecule has 8 heteroatoms. The Bertz CT molecular complexity index is 1070. The fourth-order valence-corrected chi connectivity index (χ4v) is 3.02. The molecule has 0 bridgehead atoms. The zero-order chi connectivity index (χ0) is 22.9. The summed E-state index contributed by atoms with van der Waals surface area (Å²) in [6.45, 7) is 0.268. The second kappa shape index (κ2) is 10.8. The molecule has 0 saturated carbocycles. The summed E-state index contributed by atoms with van der Waals surface area (Å²) >= 11 is 0. The van der Waals surface area contributed by atoms with Crippen molar-refractivity contribution in [2.45, 2.75) is 6.54 Å². The molecule has 1 amide bonds. The van der Waals surface area contributed by atoms with Gasteiger partial charge >= 0.3 is 0 Å². The van der Waals surface area contributed by atoms with Gasteiger partial charge in [0.25, 0.3) is 0 Å². The normalized spacial score (nSPS) is 10.6. The average Bonchev–Trinajstić information content (AvgIpc) is 2.85. The number of methoxy groups -OCH3 is 4. The molecule has 3 rings (SSSR count). The number of carbonyl (C=O) groups excluding carboxylic acids is 1. The quantitative estimate of drug-likeness (QED) is 0.514. The fraction of sp³-hybridized carbons (Fsp3) is 0.208. The van der Waals surface area contributed by atoms with E-state index in [1.807, 2.05) is 30.3 Å². The van der Waals surface area contributed by atoms with Gasteiger partial charge in [-0.2, -0.15) is 0 Å². The van der Waals surface area contributed by atoms with Crippen molar-refractivity contribution in [1.29, 1.82) is 0 Å². The summed E-state index contributed by atoms with van der Waals surface area (Å²) in [4.78, 5) is 20.8. The Morgan fingerprint density at radius 3 is 2.19 bits per heavy atom. The van der Waals surface area contributed by atoms with Gasteiger partial charge in [-0.05, 0) is 54.1 Å². The number of hydrogen-bond acceptors (Lipinski definition) is 7. The van der Waals surface area contributed by atoms with Crippen LogP contribution in [0.2, 0.25) is 0 Å². The highest BCUT2D eigenvalue weighted by Crippen LogP contribution is 2.38. The molecule has 1 N–H and O–H groups in total. The minimum atomic E-state index is -0.261. The lowest BCUT2D eigenvalue weighted by Gasteiger charge is -2.12. The van der Waals surface area contributed by atoms with Gasteiger partial charge in [0.2, 0.25) is 11.7 Å². The molecule has 1 heterocycles. The molecular weight excluding hydrogens is 410 g/mol. The number of hydrogen-bond donors (Lipinski definition) is 1. The molecule has 3 aromatic rings. The topological polar surface area (TPSA) is 91.8 Å². The maximum Gasteiger partial charge on any atom is 0.244 e. The summed E-state index contributed by atoms with van der Waals surface area (Å²) in [6.07, 6.45) is 4.58. The largest absolute Gasteiger partial charge is 0.497 e. The number of amides is 1. The van der Waals surface area contributed by atoms with E-state index in [2.05, 4.69) is 15.3 Å². The maximum atomic E-state index is 12.3. The number of benzene rings is 2. The Balaban J connectivity index is 1.65. The lowest BCUT2D eigenvalue weighted by atomic mass is 10.1. The average molecular weight is 435 g/mol. The molecule has 0 saturated heterocycles. The van der Waals surface area contributed by atoms with E-state index in [4.69, 9.17) is 18.9 Å². The molecule has 32 heavy (non-hydrogen) atoms. The van der Waals surface area contributed by atoms with Crippen LogP contribution >= 0.6 is 0 Å². The van der Waals surface area contributed by atoms with Crippen molar-refractivity contribution in [2.24, 2.45) is 0 Å². The first-order chi connectivity index (χ1) is 15.6. The number of nitrogens with zero attached hydrogens (tertiary/aromatic N) is 2. The zero-order valence-corrected chi connectivity index (χ0v) is 18.4. The second-order valence-corrected chi connectivity index (χ2v) is 6.63. The Labute approximate surface area is 186 Å². The van der Waals surface area contributed by atoms with Crippen molar-refractivity contribution in [1.82, 2.24) is 15.3 Å². The van der Waals surface area contributed by atoms with E-state index in [9.17, 15) is 4.79 Å². The number of rotatable bonds is 9. The van der Waals surface area contributed by atoms with E-state index < -0.39 is 0 Å². The third-order valence-electron chi connectivity index (χ3n) is 4.67. The Kier molecular flexibility index (Phi) is 7.64. The monoisotopic (exact) mass is 435 g/mol. The van der Waals surface area contributed by atoms with Crippen molar-refractivity contribution in [3.05, 3.63) is 66.1 Å². The van der Waals surface area contributed by atoms with Crippen molar-refractivity contribution >= 4 is 12.0 Å². The van der Waals surface area contributed by atoms with Crippen LogP contribution in [-0.2, 0) is 11.3 Å². The van der Waals surface area contributed by atoms with Crippen molar-refractivity contribution < 1.29 is 23.7 Å². The van der Waals surface area contributed by atoms with Gasteiger partial charge in [-0.25, -0.2) is 9.97 Å². The molecule has 0 atom stereocenters. The van der Waals surface area contributed by atoms with Gasteiger partial charge in [0, 0.05) is 11.6 Å². The molecule has 1 aromatic heterocycles. The third kappa shape index (κ3) is 5.54. The Morgan fingerprint density at radius 2 is 1.59 bits per heavy atom. The standard InChI is InChI=1S/C24H25N3O5/c1-29-19-8-6-17(7-9-19)20-13-18(26-15-27-20)14-25-23(28)10-5-16-11-21(30-2)24(32-4)22(12-16)31-3/h5-13,15H,14H2,1-4H3,(H,25,28)/b10-5+. The van der Waals surface area contributed by atoms with Crippen LogP contribution < -0.4 is 24.3 Å². The molecule has 0 spiro atoms. The van der Waals surface area contributed by atoms with E-state index in [0.717, 1.165) is 22.6 Å². The van der Waals surface area contributed by atoms with Crippen LogP contribution in [0.1, 0.15) is 11.3 Å². The highest BCUT2D eigenvalue weighted by Gasteiger charge is 2.12. The van der Waals surface area contributed by atoms with Gasteiger partial charge in [0.15, 0.2) is 11.5 Å². The number of aromatic nitrogens is 2. The molecule has 2 aromatic carbocycles. The van der Waals surface area contributed by atoms with Crippen LogP contribution in [0.4, 0.5) is 0 Å². The summed E-state index contributed by atoms with van der Waals surface area (Å²) in [5, 5.41) is 2.82. The van der Waals surface area contributed by atoms with Gasteiger partial charge in [-0.15, -0.1) is 0 Å². The molecular formula is C24H25N3O5. The fourth-order valence-electron chi connectivity index (χ4n) is 3.02. The number of nitrogens with one attached hydrogen (secondary N) is 1. The van der Waals surface area contributed by atoms with Crippen molar-refractivity contribution in [2.75, 3.05) is 28.4 Å². The lowest BCUT2D eigenvalue weighted by Crippen LogP contribution is -2.21. The van der Waals surface area contributed by atoms with E-state index in [-0.39, 0.29) is 12.5 Å². The number of ether oxygens (including phenoxy) is 4. The van der Waals surface area contributed by atoms with Crippen LogP contribution in [0.3, 0.4) is 0 Å². The van der Waals surface area contributed by atoms with Gasteiger partial charge in [0.1, 0.15) is 12.1 Å². The summed E-state index contributed by atoms with van der Waals surface area (Å²) in [6, 6.07) is 12.9. The minimum Gasteiger partial charge on any atom is -0.497 e. The summed E-state index contributed by atoms with van der Waals surface area (Å²) in [7, 11) is 6.24. The third-order valence-corrected chi connectivity index (χ3v) is 4.67. The Hall–Kier alpha value is -4.07. The summed E-state index contributed by atoms with van der Waals surface area (Å²) in [5.41, 5.74) is 3.13. The van der Waals surface area contributed by atoms with Crippen LogP contribution in [-0.4, -0.2) is 44.3 Å². The van der Waals surface area contributed by atoms with Gasteiger partial charge in [-0.3, -0.25) is 4.79 Å². The smallest absolute Gasteiger partial charge is 0.244 e. The van der Waals surface area contributed by atoms with Gasteiger partial charge < -0.3 is 24.3 Å². The van der Waals surface area contributed by atoms with Crippen LogP contribution in [0.5, 0.6) is 23.0 Å². The van der Waals surface area contributed by atoms with Crippen molar-refractivity contribution in [3.63, 3.8) is 0 Å². The predicted octanol–water partition coefficient (Wildman–Crippen LogP) is 3.51. The van der Waals surface area contributed by atoms with E-state index >= 15 is 0 Å². The van der Waals surface area contributed by atoms with Crippen LogP contribution in [0.25, 0.3) is 17.3 Å². The predicted molar refractivity (Wildman–Crippen MR) is 121 cm³/mol. The molecule has 0 unspecified atom stereocenters. The summed E-state index contributed by atoms with van der Waals surface area (Å²) < 4.78 is 21.1. The van der Waals surface area contributed by atoms with Crippen LogP contribution in [0, 0.1) is 0 Å². The van der Waals surface area contributed by atoms with Crippen LogP contribution in [0.15, 0.2) is 54.9 Å². The molecule has 0 aliphatic carbocycles. The van der Waals surface area contributed by atoms with E-state index in [1.165, 1.54) is 19.5 Å². The van der Waals surface area contributed by atoms with E-state index in [0.29, 0.717) is 22.9 Å². The minimum absolute atomic E-state index is 0.261. The first kappa shape index (κ1) is 22.6. The van der Waals surface area contributed by atoms with Gasteiger partial charge in [0.05, 0.1) is 46.4 Å². The second-order valence-electron chi connectivity index (χ2n) is 6.63. The molecule has 166 valence electrons. The molecule has 8 nitrogen and oxygen atoms in total. The SMILES string of the molecule is COc1ccc(-c2cc(CNC(=O)/C=C/c3cc(OC)c(OC)c(OC)c3)ncn2)cc1. The first-order valence-corrected chi connectivity index (χ1v) is 9.79. The Morgan fingerprint density at radius 1 is 0.906 bits per heavy atom. The molecule has 0 aliphatic heterocycles.